The first-order valence-corrected chi connectivity index (χ1v) is 23.7. The Kier molecular flexibility index (Phi) is 9.40. The number of nitrogens with zero attached hydrogens (tertiary/aromatic N) is 2. The predicted molar refractivity (Wildman–Crippen MR) is 288 cm³/mol. The summed E-state index contributed by atoms with van der Waals surface area (Å²) >= 11 is 1.86. The summed E-state index contributed by atoms with van der Waals surface area (Å²) in [4.78, 5) is 2.42. The van der Waals surface area contributed by atoms with Gasteiger partial charge in [0.05, 0.1) is 16.7 Å². The molecule has 0 saturated heterocycles. The van der Waals surface area contributed by atoms with Gasteiger partial charge in [0, 0.05) is 53.6 Å². The molecule has 0 saturated carbocycles. The largest absolute Gasteiger partial charge is 0.310 e. The van der Waals surface area contributed by atoms with Gasteiger partial charge in [-0.15, -0.1) is 11.3 Å². The molecule has 3 heteroatoms. The van der Waals surface area contributed by atoms with Crippen LogP contribution >= 0.6 is 11.3 Å². The minimum Gasteiger partial charge on any atom is -0.310 e. The summed E-state index contributed by atoms with van der Waals surface area (Å²) in [5, 5.41) is 7.66. The quantitative estimate of drug-likeness (QED) is 0.148. The number of thiophene rings is 1. The Labute approximate surface area is 393 Å². The van der Waals surface area contributed by atoms with Crippen LogP contribution in [-0.4, -0.2) is 4.57 Å². The van der Waals surface area contributed by atoms with Crippen molar-refractivity contribution in [3.8, 4) is 50.2 Å². The van der Waals surface area contributed by atoms with E-state index in [1.807, 2.05) is 11.3 Å². The molecule has 0 spiro atoms. The third-order valence-corrected chi connectivity index (χ3v) is 14.5. The van der Waals surface area contributed by atoms with Gasteiger partial charge in [-0.05, 0) is 123 Å². The number of para-hydroxylation sites is 3. The van der Waals surface area contributed by atoms with Crippen LogP contribution in [-0.2, 0) is 0 Å². The molecule has 0 amide bonds. The molecule has 0 aliphatic heterocycles. The number of hydrogen-bond acceptors (Lipinski definition) is 2. The summed E-state index contributed by atoms with van der Waals surface area (Å²) in [5.74, 6) is 0. The first-order chi connectivity index (χ1) is 33.2. The van der Waals surface area contributed by atoms with Crippen LogP contribution in [0.5, 0.6) is 0 Å². The average Bonchev–Trinajstić information content (AvgIpc) is 3.95. The van der Waals surface area contributed by atoms with Crippen molar-refractivity contribution in [3.63, 3.8) is 0 Å². The van der Waals surface area contributed by atoms with Crippen molar-refractivity contribution in [1.29, 1.82) is 0 Å². The molecule has 0 N–H and O–H groups in total. The van der Waals surface area contributed by atoms with Crippen molar-refractivity contribution in [1.82, 2.24) is 4.57 Å². The van der Waals surface area contributed by atoms with E-state index in [2.05, 4.69) is 264 Å². The topological polar surface area (TPSA) is 8.17 Å². The lowest BCUT2D eigenvalue weighted by Crippen LogP contribution is -2.11. The van der Waals surface area contributed by atoms with E-state index < -0.39 is 0 Å². The highest BCUT2D eigenvalue weighted by Gasteiger charge is 2.19. The number of rotatable bonds is 8. The van der Waals surface area contributed by atoms with Crippen molar-refractivity contribution in [2.45, 2.75) is 0 Å². The number of fused-ring (bicyclic) bond motifs is 7. The highest BCUT2D eigenvalue weighted by molar-refractivity contribution is 7.25. The van der Waals surface area contributed by atoms with Gasteiger partial charge in [0.15, 0.2) is 0 Å². The number of hydrogen-bond donors (Lipinski definition) is 0. The van der Waals surface area contributed by atoms with Crippen molar-refractivity contribution >= 4 is 81.1 Å². The second-order valence-electron chi connectivity index (χ2n) is 17.3. The molecular formula is C64H42N2S. The van der Waals surface area contributed by atoms with Gasteiger partial charge in [-0.2, -0.15) is 0 Å². The summed E-state index contributed by atoms with van der Waals surface area (Å²) in [5.41, 5.74) is 16.4. The Bertz CT molecular complexity index is 3930. The molecule has 0 fully saturated rings. The molecule has 0 aliphatic carbocycles. The monoisotopic (exact) mass is 870 g/mol. The molecular weight excluding hydrogens is 829 g/mol. The fourth-order valence-corrected chi connectivity index (χ4v) is 11.4. The van der Waals surface area contributed by atoms with Crippen LogP contribution in [0.25, 0.3) is 103 Å². The third-order valence-electron chi connectivity index (χ3n) is 13.4. The molecule has 0 aliphatic rings. The molecule has 11 aromatic carbocycles. The van der Waals surface area contributed by atoms with Crippen molar-refractivity contribution in [2.75, 3.05) is 4.90 Å². The van der Waals surface area contributed by atoms with E-state index in [1.54, 1.807) is 0 Å². The predicted octanol–water partition coefficient (Wildman–Crippen LogP) is 18.4. The van der Waals surface area contributed by atoms with Crippen LogP contribution in [0.2, 0.25) is 0 Å². The van der Waals surface area contributed by atoms with Gasteiger partial charge in [-0.3, -0.25) is 0 Å². The van der Waals surface area contributed by atoms with Gasteiger partial charge in [0.25, 0.3) is 0 Å². The summed E-state index contributed by atoms with van der Waals surface area (Å²) in [6, 6.07) is 93.2. The number of benzene rings is 11. The van der Waals surface area contributed by atoms with Gasteiger partial charge in [0.1, 0.15) is 0 Å². The maximum absolute atomic E-state index is 2.42. The van der Waals surface area contributed by atoms with Crippen molar-refractivity contribution < 1.29 is 0 Å². The molecule has 314 valence electrons. The minimum absolute atomic E-state index is 1.09. The van der Waals surface area contributed by atoms with Crippen LogP contribution in [0.1, 0.15) is 0 Å². The van der Waals surface area contributed by atoms with Crippen molar-refractivity contribution in [2.24, 2.45) is 0 Å². The second-order valence-corrected chi connectivity index (χ2v) is 18.4. The summed E-state index contributed by atoms with van der Waals surface area (Å²) < 4.78 is 5.00. The Hall–Kier alpha value is -8.50. The van der Waals surface area contributed by atoms with E-state index in [4.69, 9.17) is 0 Å². The third kappa shape index (κ3) is 6.79. The van der Waals surface area contributed by atoms with E-state index in [1.165, 1.54) is 91.7 Å². The van der Waals surface area contributed by atoms with E-state index in [-0.39, 0.29) is 0 Å². The first kappa shape index (κ1) is 38.9. The summed E-state index contributed by atoms with van der Waals surface area (Å²) in [6.45, 7) is 0. The second kappa shape index (κ2) is 16.2. The molecule has 0 radical (unpaired) electrons. The highest BCUT2D eigenvalue weighted by atomic mass is 32.1. The maximum atomic E-state index is 2.42. The molecule has 2 heterocycles. The standard InChI is InChI=1S/C64H42N2S/c1-2-20-53-45(14-1)15-13-25-54(53)48-18-11-16-46(40-48)43-30-35-50(36-31-43)65(60-26-7-3-21-55(60)49-34-39-59-58-24-6-10-29-63(58)67-64(59)42-49)51-37-32-44(33-38-51)47-17-12-19-52(41-47)66-61-27-8-4-22-56(61)57-23-5-9-28-62(57)66/h1-42H. The Morgan fingerprint density at radius 2 is 0.806 bits per heavy atom. The lowest BCUT2D eigenvalue weighted by molar-refractivity contribution is 1.18. The van der Waals surface area contributed by atoms with Gasteiger partial charge in [0.2, 0.25) is 0 Å². The van der Waals surface area contributed by atoms with Gasteiger partial charge in [-0.1, -0.05) is 182 Å². The summed E-state index contributed by atoms with van der Waals surface area (Å²) in [7, 11) is 0. The number of anilines is 3. The Balaban J connectivity index is 0.906. The van der Waals surface area contributed by atoms with Crippen LogP contribution in [0.3, 0.4) is 0 Å². The fraction of sp³-hybridized carbons (Fsp3) is 0. The average molecular weight is 871 g/mol. The molecule has 0 atom stereocenters. The summed E-state index contributed by atoms with van der Waals surface area (Å²) in [6.07, 6.45) is 0. The smallest absolute Gasteiger partial charge is 0.0541 e. The lowest BCUT2D eigenvalue weighted by Gasteiger charge is -2.28. The van der Waals surface area contributed by atoms with Crippen LogP contribution in [0, 0.1) is 0 Å². The maximum Gasteiger partial charge on any atom is 0.0541 e. The van der Waals surface area contributed by atoms with Gasteiger partial charge >= 0.3 is 0 Å². The molecule has 2 aromatic heterocycles. The molecule has 13 rings (SSSR count). The molecule has 67 heavy (non-hydrogen) atoms. The Morgan fingerprint density at radius 3 is 1.55 bits per heavy atom. The van der Waals surface area contributed by atoms with Crippen LogP contribution in [0.15, 0.2) is 255 Å². The van der Waals surface area contributed by atoms with E-state index >= 15 is 0 Å². The molecule has 0 unspecified atom stereocenters. The highest BCUT2D eigenvalue weighted by Crippen LogP contribution is 2.44. The SMILES string of the molecule is c1cc(-c2ccc(N(c3ccc(-c4cccc(-n5c6ccccc6c6ccccc65)c4)cc3)c3ccccc3-c3ccc4c(c3)sc3ccccc34)cc2)cc(-c2cccc3ccccc23)c1. The van der Waals surface area contributed by atoms with Crippen molar-refractivity contribution in [3.05, 3.63) is 255 Å². The van der Waals surface area contributed by atoms with E-state index in [9.17, 15) is 0 Å². The zero-order chi connectivity index (χ0) is 44.3. The zero-order valence-corrected chi connectivity index (χ0v) is 37.4. The first-order valence-electron chi connectivity index (χ1n) is 22.9. The minimum atomic E-state index is 1.09. The van der Waals surface area contributed by atoms with Crippen LogP contribution < -0.4 is 4.90 Å². The Morgan fingerprint density at radius 1 is 0.299 bits per heavy atom. The molecule has 2 nitrogen and oxygen atoms in total. The van der Waals surface area contributed by atoms with Gasteiger partial charge < -0.3 is 9.47 Å². The number of aromatic nitrogens is 1. The normalized spacial score (nSPS) is 11.6. The van der Waals surface area contributed by atoms with Gasteiger partial charge in [-0.25, -0.2) is 0 Å². The van der Waals surface area contributed by atoms with E-state index in [0.29, 0.717) is 0 Å². The lowest BCUT2D eigenvalue weighted by atomic mass is 9.95. The van der Waals surface area contributed by atoms with E-state index in [0.717, 1.165) is 28.3 Å². The molecule has 13 aromatic rings. The van der Waals surface area contributed by atoms with Crippen LogP contribution in [0.4, 0.5) is 17.1 Å². The zero-order valence-electron chi connectivity index (χ0n) is 36.6. The fourth-order valence-electron chi connectivity index (χ4n) is 10.2. The molecule has 0 bridgehead atoms.